The van der Waals surface area contributed by atoms with Crippen LogP contribution in [0.15, 0.2) is 66.7 Å². The summed E-state index contributed by atoms with van der Waals surface area (Å²) in [4.78, 5) is 13.6. The highest BCUT2D eigenvalue weighted by Gasteiger charge is 2.18. The van der Waals surface area contributed by atoms with Crippen LogP contribution >= 0.6 is 0 Å². The van der Waals surface area contributed by atoms with E-state index in [0.29, 0.717) is 18.0 Å². The van der Waals surface area contributed by atoms with Gasteiger partial charge in [0.15, 0.2) is 11.5 Å². The lowest BCUT2D eigenvalue weighted by atomic mass is 9.88. The largest absolute Gasteiger partial charge is 0.491 e. The standard InChI is InChI=1S/C32H37NO6/c1-5-29(25-12-17-30-31(18-25)38-21-37-30)32(24-10-15-28(16-11-24)39-22(4)34)23-8-13-27(14-9-23)36-20-26(35)19-33(6-2)7-3/h8-18,26,35H,5-7,19-21H2,1-4H3/b32-29+. The maximum atomic E-state index is 11.4. The molecule has 1 aliphatic rings. The van der Waals surface area contributed by atoms with Crippen LogP contribution in [0.5, 0.6) is 23.0 Å². The molecule has 0 fully saturated rings. The first kappa shape index (κ1) is 28.2. The van der Waals surface area contributed by atoms with Crippen LogP contribution in [0.4, 0.5) is 0 Å². The van der Waals surface area contributed by atoms with E-state index >= 15 is 0 Å². The van der Waals surface area contributed by atoms with Crippen LogP contribution in [0.2, 0.25) is 0 Å². The predicted molar refractivity (Wildman–Crippen MR) is 152 cm³/mol. The predicted octanol–water partition coefficient (Wildman–Crippen LogP) is 5.79. The zero-order valence-electron chi connectivity index (χ0n) is 23.1. The average Bonchev–Trinajstić information content (AvgIpc) is 3.42. The van der Waals surface area contributed by atoms with Gasteiger partial charge < -0.3 is 29.0 Å². The van der Waals surface area contributed by atoms with E-state index < -0.39 is 6.10 Å². The minimum absolute atomic E-state index is 0.222. The fraction of sp³-hybridized carbons (Fsp3) is 0.344. The maximum absolute atomic E-state index is 11.4. The van der Waals surface area contributed by atoms with E-state index in [1.54, 1.807) is 12.1 Å². The highest BCUT2D eigenvalue weighted by atomic mass is 16.7. The zero-order valence-corrected chi connectivity index (χ0v) is 23.1. The third-order valence-corrected chi connectivity index (χ3v) is 6.73. The van der Waals surface area contributed by atoms with E-state index in [0.717, 1.165) is 58.8 Å². The summed E-state index contributed by atoms with van der Waals surface area (Å²) < 4.78 is 22.3. The molecule has 1 heterocycles. The number of ether oxygens (including phenoxy) is 4. The van der Waals surface area contributed by atoms with E-state index in [-0.39, 0.29) is 19.4 Å². The molecule has 1 aliphatic heterocycles. The summed E-state index contributed by atoms with van der Waals surface area (Å²) in [5.74, 6) is 2.31. The molecule has 3 aromatic rings. The maximum Gasteiger partial charge on any atom is 0.308 e. The molecule has 39 heavy (non-hydrogen) atoms. The summed E-state index contributed by atoms with van der Waals surface area (Å²) in [5.41, 5.74) is 5.24. The Morgan fingerprint density at radius 3 is 2.05 bits per heavy atom. The Morgan fingerprint density at radius 1 is 0.872 bits per heavy atom. The van der Waals surface area contributed by atoms with Crippen molar-refractivity contribution in [2.75, 3.05) is 33.0 Å². The first-order valence-electron chi connectivity index (χ1n) is 13.5. The van der Waals surface area contributed by atoms with Gasteiger partial charge in [-0.2, -0.15) is 0 Å². The number of esters is 1. The summed E-state index contributed by atoms with van der Waals surface area (Å²) in [6, 6.07) is 21.5. The quantitative estimate of drug-likeness (QED) is 0.180. The fourth-order valence-corrected chi connectivity index (χ4v) is 4.72. The van der Waals surface area contributed by atoms with Crippen molar-refractivity contribution in [2.45, 2.75) is 40.2 Å². The summed E-state index contributed by atoms with van der Waals surface area (Å²) in [6.45, 7) is 10.5. The number of aliphatic hydroxyl groups excluding tert-OH is 1. The molecule has 0 amide bonds. The van der Waals surface area contributed by atoms with E-state index in [1.165, 1.54) is 6.92 Å². The van der Waals surface area contributed by atoms with Crippen molar-refractivity contribution < 1.29 is 28.8 Å². The molecule has 0 saturated heterocycles. The van der Waals surface area contributed by atoms with Crippen molar-refractivity contribution >= 4 is 17.1 Å². The Bertz CT molecular complexity index is 1280. The number of aliphatic hydroxyl groups is 1. The van der Waals surface area contributed by atoms with Crippen molar-refractivity contribution in [3.63, 3.8) is 0 Å². The molecule has 0 aliphatic carbocycles. The van der Waals surface area contributed by atoms with Gasteiger partial charge in [-0.3, -0.25) is 4.79 Å². The number of benzene rings is 3. The SMILES string of the molecule is CC/C(=C(/c1ccc(OCC(O)CN(CC)CC)cc1)c1ccc(OC(C)=O)cc1)c1ccc2c(c1)OCO2. The van der Waals surface area contributed by atoms with Crippen molar-refractivity contribution in [3.05, 3.63) is 83.4 Å². The number of carbonyl (C=O) groups is 1. The minimum atomic E-state index is -0.562. The first-order valence-corrected chi connectivity index (χ1v) is 13.5. The van der Waals surface area contributed by atoms with Crippen LogP contribution in [0, 0.1) is 0 Å². The molecule has 0 bridgehead atoms. The van der Waals surface area contributed by atoms with Gasteiger partial charge in [-0.05, 0) is 83.7 Å². The molecule has 7 heteroatoms. The van der Waals surface area contributed by atoms with Gasteiger partial charge in [0, 0.05) is 13.5 Å². The third kappa shape index (κ3) is 7.19. The molecule has 1 atom stereocenters. The van der Waals surface area contributed by atoms with Crippen LogP contribution in [-0.4, -0.2) is 55.1 Å². The molecular formula is C32H37NO6. The Kier molecular flexibility index (Phi) is 9.63. The summed E-state index contributed by atoms with van der Waals surface area (Å²) in [5, 5.41) is 10.4. The third-order valence-electron chi connectivity index (χ3n) is 6.73. The molecule has 0 radical (unpaired) electrons. The average molecular weight is 532 g/mol. The van der Waals surface area contributed by atoms with E-state index in [9.17, 15) is 9.90 Å². The van der Waals surface area contributed by atoms with Gasteiger partial charge in [0.1, 0.15) is 24.2 Å². The molecule has 0 saturated carbocycles. The Labute approximate surface area is 230 Å². The van der Waals surface area contributed by atoms with Gasteiger partial charge in [0.2, 0.25) is 6.79 Å². The number of fused-ring (bicyclic) bond motifs is 1. The molecule has 206 valence electrons. The second kappa shape index (κ2) is 13.3. The summed E-state index contributed by atoms with van der Waals surface area (Å²) in [7, 11) is 0. The van der Waals surface area contributed by atoms with Gasteiger partial charge >= 0.3 is 5.97 Å². The van der Waals surface area contributed by atoms with Gasteiger partial charge in [-0.1, -0.05) is 51.1 Å². The van der Waals surface area contributed by atoms with E-state index in [2.05, 4.69) is 25.7 Å². The number of carbonyl (C=O) groups excluding carboxylic acids is 1. The second-order valence-electron chi connectivity index (χ2n) is 9.37. The second-order valence-corrected chi connectivity index (χ2v) is 9.37. The van der Waals surface area contributed by atoms with Gasteiger partial charge in [-0.15, -0.1) is 0 Å². The van der Waals surface area contributed by atoms with Gasteiger partial charge in [0.05, 0.1) is 0 Å². The number of allylic oxidation sites excluding steroid dienone is 1. The summed E-state index contributed by atoms with van der Waals surface area (Å²) >= 11 is 0. The van der Waals surface area contributed by atoms with Gasteiger partial charge in [-0.25, -0.2) is 0 Å². The summed E-state index contributed by atoms with van der Waals surface area (Å²) in [6.07, 6.45) is 0.213. The van der Waals surface area contributed by atoms with Crippen molar-refractivity contribution in [3.8, 4) is 23.0 Å². The molecule has 0 aromatic heterocycles. The number of hydrogen-bond acceptors (Lipinski definition) is 7. The Morgan fingerprint density at radius 2 is 1.46 bits per heavy atom. The topological polar surface area (TPSA) is 77.5 Å². The lowest BCUT2D eigenvalue weighted by Gasteiger charge is -2.22. The molecule has 7 nitrogen and oxygen atoms in total. The Hall–Kier alpha value is -3.81. The lowest BCUT2D eigenvalue weighted by molar-refractivity contribution is -0.131. The van der Waals surface area contributed by atoms with Crippen molar-refractivity contribution in [1.29, 1.82) is 0 Å². The molecule has 3 aromatic carbocycles. The van der Waals surface area contributed by atoms with Gasteiger partial charge in [0.25, 0.3) is 0 Å². The molecule has 1 N–H and O–H groups in total. The fourth-order valence-electron chi connectivity index (χ4n) is 4.72. The highest BCUT2D eigenvalue weighted by Crippen LogP contribution is 2.40. The van der Waals surface area contributed by atoms with Crippen molar-refractivity contribution in [2.24, 2.45) is 0 Å². The lowest BCUT2D eigenvalue weighted by Crippen LogP contribution is -2.35. The Balaban J connectivity index is 1.66. The van der Waals surface area contributed by atoms with Crippen LogP contribution < -0.4 is 18.9 Å². The number of likely N-dealkylation sites (N-methyl/N-ethyl adjacent to an activating group) is 1. The molecular weight excluding hydrogens is 494 g/mol. The normalized spacial score (nSPS) is 13.7. The molecule has 1 unspecified atom stereocenters. The smallest absolute Gasteiger partial charge is 0.308 e. The monoisotopic (exact) mass is 531 g/mol. The first-order chi connectivity index (χ1) is 18.9. The number of nitrogens with zero attached hydrogens (tertiary/aromatic N) is 1. The molecule has 4 rings (SSSR count). The van der Waals surface area contributed by atoms with Crippen molar-refractivity contribution in [1.82, 2.24) is 4.90 Å². The number of hydrogen-bond donors (Lipinski definition) is 1. The van der Waals surface area contributed by atoms with Crippen LogP contribution in [-0.2, 0) is 4.79 Å². The van der Waals surface area contributed by atoms with Crippen LogP contribution in [0.3, 0.4) is 0 Å². The van der Waals surface area contributed by atoms with E-state index in [1.807, 2.05) is 54.6 Å². The zero-order chi connectivity index (χ0) is 27.8. The van der Waals surface area contributed by atoms with Crippen LogP contribution in [0.25, 0.3) is 11.1 Å². The molecule has 0 spiro atoms. The van der Waals surface area contributed by atoms with E-state index in [4.69, 9.17) is 18.9 Å². The number of rotatable bonds is 12. The highest BCUT2D eigenvalue weighted by molar-refractivity contribution is 5.99. The van der Waals surface area contributed by atoms with Crippen LogP contribution in [0.1, 0.15) is 50.8 Å². The minimum Gasteiger partial charge on any atom is -0.491 e.